The van der Waals surface area contributed by atoms with E-state index in [-0.39, 0.29) is 22.7 Å². The van der Waals surface area contributed by atoms with Gasteiger partial charge in [0.05, 0.1) is 17.1 Å². The molecule has 0 N–H and O–H groups in total. The SMILES string of the molecule is Cc1ccc(S(=O)(=O)n2cc(-c3c(C)nn(Cc4cc(F)ccc4F)c3C)c3cc(Br)cnc32)cc1. The molecule has 0 saturated carbocycles. The van der Waals surface area contributed by atoms with Crippen LogP contribution in [0.1, 0.15) is 22.5 Å². The molecule has 0 radical (unpaired) electrons. The molecule has 2 aromatic carbocycles. The van der Waals surface area contributed by atoms with E-state index in [1.54, 1.807) is 54.3 Å². The van der Waals surface area contributed by atoms with Crippen molar-refractivity contribution in [1.29, 1.82) is 0 Å². The number of hydrogen-bond acceptors (Lipinski definition) is 4. The molecule has 36 heavy (non-hydrogen) atoms. The van der Waals surface area contributed by atoms with Crippen LogP contribution in [0.25, 0.3) is 22.2 Å². The zero-order valence-electron chi connectivity index (χ0n) is 19.6. The smallest absolute Gasteiger partial charge is 0.264 e. The minimum absolute atomic E-state index is 0.0263. The molecule has 5 rings (SSSR count). The Bertz CT molecular complexity index is 1740. The van der Waals surface area contributed by atoms with Crippen molar-refractivity contribution in [3.05, 3.63) is 99.5 Å². The highest BCUT2D eigenvalue weighted by Crippen LogP contribution is 2.37. The summed E-state index contributed by atoms with van der Waals surface area (Å²) in [6.45, 7) is 5.52. The first-order chi connectivity index (χ1) is 17.1. The lowest BCUT2D eigenvalue weighted by Crippen LogP contribution is -2.12. The molecule has 0 spiro atoms. The van der Waals surface area contributed by atoms with Crippen LogP contribution >= 0.6 is 15.9 Å². The molecule has 5 aromatic rings. The van der Waals surface area contributed by atoms with Crippen molar-refractivity contribution >= 4 is 37.0 Å². The molecule has 6 nitrogen and oxygen atoms in total. The molecule has 0 aliphatic carbocycles. The summed E-state index contributed by atoms with van der Waals surface area (Å²) in [7, 11) is -3.94. The number of aryl methyl sites for hydroxylation is 2. The van der Waals surface area contributed by atoms with E-state index in [0.29, 0.717) is 32.4 Å². The summed E-state index contributed by atoms with van der Waals surface area (Å²) < 4.78 is 58.6. The van der Waals surface area contributed by atoms with Crippen LogP contribution in [-0.4, -0.2) is 27.2 Å². The number of nitrogens with zero attached hydrogens (tertiary/aromatic N) is 4. The minimum Gasteiger partial charge on any atom is -0.264 e. The maximum absolute atomic E-state index is 14.3. The molecule has 10 heteroatoms. The third kappa shape index (κ3) is 4.14. The molecular weight excluding hydrogens is 550 g/mol. The van der Waals surface area contributed by atoms with Crippen LogP contribution in [0.2, 0.25) is 0 Å². The Kier molecular flexibility index (Phi) is 6.04. The number of pyridine rings is 1. The van der Waals surface area contributed by atoms with E-state index in [0.717, 1.165) is 23.8 Å². The minimum atomic E-state index is -3.94. The highest BCUT2D eigenvalue weighted by molar-refractivity contribution is 9.10. The van der Waals surface area contributed by atoms with E-state index in [1.807, 2.05) is 13.8 Å². The summed E-state index contributed by atoms with van der Waals surface area (Å²) in [4.78, 5) is 4.56. The number of aromatic nitrogens is 4. The molecule has 3 aromatic heterocycles. The van der Waals surface area contributed by atoms with Gasteiger partial charge < -0.3 is 0 Å². The molecule has 0 atom stereocenters. The summed E-state index contributed by atoms with van der Waals surface area (Å²) in [6.07, 6.45) is 3.09. The molecule has 0 saturated heterocycles. The molecule has 0 amide bonds. The standard InChI is InChI=1S/C26H21BrF2N4O2S/c1-15-4-7-21(8-5-15)36(34,35)33-14-23(22-11-19(27)12-30-26(22)33)25-16(2)31-32(17(25)3)13-18-10-20(28)6-9-24(18)29/h4-12,14H,13H2,1-3H3. The summed E-state index contributed by atoms with van der Waals surface area (Å²) >= 11 is 3.43. The van der Waals surface area contributed by atoms with Crippen molar-refractivity contribution in [2.75, 3.05) is 0 Å². The van der Waals surface area contributed by atoms with E-state index in [2.05, 4.69) is 26.0 Å². The third-order valence-corrected chi connectivity index (χ3v) is 8.23. The van der Waals surface area contributed by atoms with E-state index < -0.39 is 21.7 Å². The normalized spacial score (nSPS) is 11.9. The average Bonchev–Trinajstić information content (AvgIpc) is 3.33. The fourth-order valence-corrected chi connectivity index (χ4v) is 5.98. The van der Waals surface area contributed by atoms with Crippen LogP contribution in [0.4, 0.5) is 8.78 Å². The van der Waals surface area contributed by atoms with Crippen molar-refractivity contribution in [2.24, 2.45) is 0 Å². The largest absolute Gasteiger partial charge is 0.269 e. The van der Waals surface area contributed by atoms with E-state index in [9.17, 15) is 17.2 Å². The van der Waals surface area contributed by atoms with Gasteiger partial charge in [0.1, 0.15) is 11.6 Å². The van der Waals surface area contributed by atoms with Gasteiger partial charge in [-0.2, -0.15) is 5.10 Å². The quantitative estimate of drug-likeness (QED) is 0.254. The summed E-state index contributed by atoms with van der Waals surface area (Å²) in [5, 5.41) is 5.17. The predicted octanol–water partition coefficient (Wildman–Crippen LogP) is 6.15. The average molecular weight is 571 g/mol. The Morgan fingerprint density at radius 3 is 2.44 bits per heavy atom. The summed E-state index contributed by atoms with van der Waals surface area (Å²) in [6, 6.07) is 11.7. The van der Waals surface area contributed by atoms with Crippen LogP contribution in [0.15, 0.2) is 70.3 Å². The van der Waals surface area contributed by atoms with Gasteiger partial charge in [-0.1, -0.05) is 17.7 Å². The lowest BCUT2D eigenvalue weighted by molar-refractivity contribution is 0.562. The van der Waals surface area contributed by atoms with Gasteiger partial charge in [-0.15, -0.1) is 0 Å². The van der Waals surface area contributed by atoms with Gasteiger partial charge in [-0.3, -0.25) is 4.68 Å². The zero-order chi connectivity index (χ0) is 25.8. The van der Waals surface area contributed by atoms with Gasteiger partial charge in [-0.05, 0) is 73.1 Å². The van der Waals surface area contributed by atoms with Crippen molar-refractivity contribution in [3.8, 4) is 11.1 Å². The van der Waals surface area contributed by atoms with Crippen LogP contribution in [0.3, 0.4) is 0 Å². The second-order valence-corrected chi connectivity index (χ2v) is 11.4. The van der Waals surface area contributed by atoms with E-state index >= 15 is 0 Å². The molecule has 0 unspecified atom stereocenters. The van der Waals surface area contributed by atoms with Gasteiger partial charge in [0, 0.05) is 44.6 Å². The number of hydrogen-bond donors (Lipinski definition) is 0. The second-order valence-electron chi connectivity index (χ2n) is 8.62. The van der Waals surface area contributed by atoms with Crippen molar-refractivity contribution < 1.29 is 17.2 Å². The molecule has 0 fully saturated rings. The van der Waals surface area contributed by atoms with Crippen molar-refractivity contribution in [1.82, 2.24) is 18.7 Å². The third-order valence-electron chi connectivity index (χ3n) is 6.14. The fourth-order valence-electron chi connectivity index (χ4n) is 4.33. The molecule has 3 heterocycles. The molecule has 0 aliphatic heterocycles. The maximum atomic E-state index is 14.3. The monoisotopic (exact) mass is 570 g/mol. The van der Waals surface area contributed by atoms with E-state index in [1.165, 1.54) is 3.97 Å². The lowest BCUT2D eigenvalue weighted by Gasteiger charge is -2.07. The van der Waals surface area contributed by atoms with Gasteiger partial charge >= 0.3 is 0 Å². The maximum Gasteiger partial charge on any atom is 0.269 e. The topological polar surface area (TPSA) is 69.8 Å². The fraction of sp³-hybridized carbons (Fsp3) is 0.154. The lowest BCUT2D eigenvalue weighted by atomic mass is 10.0. The second kappa shape index (κ2) is 8.94. The van der Waals surface area contributed by atoms with Gasteiger partial charge in [0.25, 0.3) is 10.0 Å². The van der Waals surface area contributed by atoms with Crippen molar-refractivity contribution in [2.45, 2.75) is 32.2 Å². The van der Waals surface area contributed by atoms with Gasteiger partial charge in [-0.25, -0.2) is 26.2 Å². The first kappa shape index (κ1) is 24.3. The number of halogens is 3. The Morgan fingerprint density at radius 2 is 1.72 bits per heavy atom. The highest BCUT2D eigenvalue weighted by Gasteiger charge is 2.26. The van der Waals surface area contributed by atoms with Gasteiger partial charge in [0.2, 0.25) is 0 Å². The summed E-state index contributed by atoms with van der Waals surface area (Å²) in [5.74, 6) is -1.06. The number of fused-ring (bicyclic) bond motifs is 1. The molecule has 0 aliphatic rings. The first-order valence-corrected chi connectivity index (χ1v) is 13.3. The van der Waals surface area contributed by atoms with Crippen LogP contribution in [-0.2, 0) is 16.6 Å². The van der Waals surface area contributed by atoms with Crippen LogP contribution in [0, 0.1) is 32.4 Å². The Morgan fingerprint density at radius 1 is 1.00 bits per heavy atom. The number of benzene rings is 2. The summed E-state index contributed by atoms with van der Waals surface area (Å²) in [5.41, 5.74) is 4.02. The van der Waals surface area contributed by atoms with Gasteiger partial charge in [0.15, 0.2) is 5.65 Å². The molecule has 184 valence electrons. The zero-order valence-corrected chi connectivity index (χ0v) is 22.0. The Labute approximate surface area is 215 Å². The van der Waals surface area contributed by atoms with Crippen LogP contribution < -0.4 is 0 Å². The highest BCUT2D eigenvalue weighted by atomic mass is 79.9. The molecule has 0 bridgehead atoms. The Balaban J connectivity index is 1.69. The van der Waals surface area contributed by atoms with E-state index in [4.69, 9.17) is 0 Å². The number of rotatable bonds is 5. The first-order valence-electron chi connectivity index (χ1n) is 11.0. The van der Waals surface area contributed by atoms with Crippen LogP contribution in [0.5, 0.6) is 0 Å². The Hall–Kier alpha value is -3.37. The predicted molar refractivity (Wildman–Crippen MR) is 137 cm³/mol. The molecular formula is C26H21BrF2N4O2S. The van der Waals surface area contributed by atoms with Crippen molar-refractivity contribution in [3.63, 3.8) is 0 Å².